The van der Waals surface area contributed by atoms with Crippen LogP contribution in [0.15, 0.2) is 29.4 Å². The van der Waals surface area contributed by atoms with Crippen molar-refractivity contribution in [2.45, 2.75) is 19.8 Å². The van der Waals surface area contributed by atoms with Crippen molar-refractivity contribution in [2.24, 2.45) is 11.0 Å². The lowest BCUT2D eigenvalue weighted by Crippen LogP contribution is -2.19. The molecule has 1 saturated carbocycles. The van der Waals surface area contributed by atoms with Gasteiger partial charge in [0.2, 0.25) is 0 Å². The highest BCUT2D eigenvalue weighted by Gasteiger charge is 2.24. The Morgan fingerprint density at radius 2 is 2.00 bits per heavy atom. The summed E-state index contributed by atoms with van der Waals surface area (Å²) in [5.74, 6) is 0.377. The van der Waals surface area contributed by atoms with Crippen molar-refractivity contribution in [3.05, 3.63) is 34.9 Å². The molecule has 0 aromatic heterocycles. The van der Waals surface area contributed by atoms with Crippen molar-refractivity contribution in [1.29, 1.82) is 0 Å². The molecular formula is C12H13ClN2O. The highest BCUT2D eigenvalue weighted by Crippen LogP contribution is 2.30. The number of nitrogens with one attached hydrogen (secondary N) is 1. The van der Waals surface area contributed by atoms with E-state index in [4.69, 9.17) is 11.6 Å². The Balaban J connectivity index is 1.97. The third kappa shape index (κ3) is 2.83. The Hall–Kier alpha value is -1.35. The van der Waals surface area contributed by atoms with Gasteiger partial charge in [0, 0.05) is 16.3 Å². The molecule has 1 aliphatic rings. The Kier molecular flexibility index (Phi) is 3.25. The SMILES string of the molecule is C/C(=N\NC(=O)c1ccc(Cl)cc1)C1CC1. The van der Waals surface area contributed by atoms with E-state index >= 15 is 0 Å². The molecule has 0 radical (unpaired) electrons. The van der Waals surface area contributed by atoms with Gasteiger partial charge in [-0.3, -0.25) is 4.79 Å². The summed E-state index contributed by atoms with van der Waals surface area (Å²) >= 11 is 5.73. The van der Waals surface area contributed by atoms with Gasteiger partial charge in [0.25, 0.3) is 5.91 Å². The molecule has 0 unspecified atom stereocenters. The molecule has 1 aromatic rings. The molecule has 1 amide bonds. The maximum Gasteiger partial charge on any atom is 0.271 e. The number of halogens is 1. The average molecular weight is 237 g/mol. The second-order valence-electron chi connectivity index (χ2n) is 3.98. The molecule has 2 rings (SSSR count). The summed E-state index contributed by atoms with van der Waals surface area (Å²) in [6, 6.07) is 6.74. The summed E-state index contributed by atoms with van der Waals surface area (Å²) in [4.78, 5) is 11.6. The van der Waals surface area contributed by atoms with Gasteiger partial charge in [0.05, 0.1) is 0 Å². The lowest BCUT2D eigenvalue weighted by Gasteiger charge is -2.01. The minimum Gasteiger partial charge on any atom is -0.267 e. The van der Waals surface area contributed by atoms with E-state index in [1.54, 1.807) is 24.3 Å². The maximum atomic E-state index is 11.6. The summed E-state index contributed by atoms with van der Waals surface area (Å²) in [5.41, 5.74) is 4.11. The first-order chi connectivity index (χ1) is 7.66. The van der Waals surface area contributed by atoms with E-state index in [0.717, 1.165) is 5.71 Å². The molecule has 4 heteroatoms. The number of carbonyl (C=O) groups excluding carboxylic acids is 1. The van der Waals surface area contributed by atoms with Crippen molar-refractivity contribution >= 4 is 23.2 Å². The van der Waals surface area contributed by atoms with Crippen LogP contribution in [-0.4, -0.2) is 11.6 Å². The molecule has 1 aromatic carbocycles. The summed E-state index contributed by atoms with van der Waals surface area (Å²) in [5, 5.41) is 4.69. The van der Waals surface area contributed by atoms with E-state index in [0.29, 0.717) is 16.5 Å². The van der Waals surface area contributed by atoms with Crippen molar-refractivity contribution in [3.63, 3.8) is 0 Å². The van der Waals surface area contributed by atoms with Gasteiger partial charge in [-0.05, 0) is 49.9 Å². The Bertz CT molecular complexity index is 421. The van der Waals surface area contributed by atoms with Crippen LogP contribution in [0.25, 0.3) is 0 Å². The molecule has 0 heterocycles. The van der Waals surface area contributed by atoms with Crippen molar-refractivity contribution in [1.82, 2.24) is 5.43 Å². The van der Waals surface area contributed by atoms with Gasteiger partial charge in [-0.15, -0.1) is 0 Å². The molecule has 0 atom stereocenters. The third-order valence-electron chi connectivity index (χ3n) is 2.61. The predicted octanol–water partition coefficient (Wildman–Crippen LogP) is 2.86. The molecule has 1 fully saturated rings. The van der Waals surface area contributed by atoms with Crippen LogP contribution in [-0.2, 0) is 0 Å². The highest BCUT2D eigenvalue weighted by molar-refractivity contribution is 6.30. The van der Waals surface area contributed by atoms with E-state index < -0.39 is 0 Å². The fourth-order valence-corrected chi connectivity index (χ4v) is 1.52. The minimum atomic E-state index is -0.198. The van der Waals surface area contributed by atoms with E-state index in [-0.39, 0.29) is 5.91 Å². The largest absolute Gasteiger partial charge is 0.271 e. The van der Waals surface area contributed by atoms with Crippen LogP contribution in [0.1, 0.15) is 30.1 Å². The molecular weight excluding hydrogens is 224 g/mol. The van der Waals surface area contributed by atoms with Crippen LogP contribution >= 0.6 is 11.6 Å². The number of carbonyl (C=O) groups is 1. The van der Waals surface area contributed by atoms with Crippen LogP contribution in [0.2, 0.25) is 5.02 Å². The Morgan fingerprint density at radius 3 is 2.56 bits per heavy atom. The standard InChI is InChI=1S/C12H13ClN2O/c1-8(9-2-3-9)14-15-12(16)10-4-6-11(13)7-5-10/h4-7,9H,2-3H2,1H3,(H,15,16)/b14-8+. The van der Waals surface area contributed by atoms with Gasteiger partial charge in [0.1, 0.15) is 0 Å². The monoisotopic (exact) mass is 236 g/mol. The zero-order chi connectivity index (χ0) is 11.5. The Labute approximate surface area is 99.5 Å². The predicted molar refractivity (Wildman–Crippen MR) is 64.8 cm³/mol. The normalized spacial score (nSPS) is 16.0. The maximum absolute atomic E-state index is 11.6. The van der Waals surface area contributed by atoms with E-state index in [1.165, 1.54) is 12.8 Å². The molecule has 16 heavy (non-hydrogen) atoms. The topological polar surface area (TPSA) is 41.5 Å². The summed E-state index contributed by atoms with van der Waals surface area (Å²) in [6.45, 7) is 1.94. The average Bonchev–Trinajstić information content (AvgIpc) is 3.10. The molecule has 84 valence electrons. The van der Waals surface area contributed by atoms with Crippen LogP contribution < -0.4 is 5.43 Å². The molecule has 0 spiro atoms. The summed E-state index contributed by atoms with van der Waals surface area (Å²) in [6.07, 6.45) is 2.37. The van der Waals surface area contributed by atoms with Gasteiger partial charge < -0.3 is 0 Å². The lowest BCUT2D eigenvalue weighted by atomic mass is 10.2. The van der Waals surface area contributed by atoms with Crippen LogP contribution in [0.4, 0.5) is 0 Å². The number of hydrogen-bond acceptors (Lipinski definition) is 2. The first kappa shape index (κ1) is 11.1. The first-order valence-corrected chi connectivity index (χ1v) is 5.64. The number of amides is 1. The van der Waals surface area contributed by atoms with Crippen molar-refractivity contribution in [3.8, 4) is 0 Å². The number of hydrazone groups is 1. The van der Waals surface area contributed by atoms with Crippen molar-refractivity contribution in [2.75, 3.05) is 0 Å². The van der Waals surface area contributed by atoms with Crippen molar-refractivity contribution < 1.29 is 4.79 Å². The molecule has 1 N–H and O–H groups in total. The lowest BCUT2D eigenvalue weighted by molar-refractivity contribution is 0.0954. The van der Waals surface area contributed by atoms with Gasteiger partial charge >= 0.3 is 0 Å². The quantitative estimate of drug-likeness (QED) is 0.636. The van der Waals surface area contributed by atoms with E-state index in [1.807, 2.05) is 6.92 Å². The van der Waals surface area contributed by atoms with Gasteiger partial charge in [-0.1, -0.05) is 11.6 Å². The zero-order valence-corrected chi connectivity index (χ0v) is 9.79. The molecule has 0 bridgehead atoms. The van der Waals surface area contributed by atoms with Gasteiger partial charge in [-0.2, -0.15) is 5.10 Å². The van der Waals surface area contributed by atoms with Gasteiger partial charge in [-0.25, -0.2) is 5.43 Å². The molecule has 1 aliphatic carbocycles. The molecule has 0 saturated heterocycles. The third-order valence-corrected chi connectivity index (χ3v) is 2.86. The van der Waals surface area contributed by atoms with Crippen LogP contribution in [0, 0.1) is 5.92 Å². The number of rotatable bonds is 3. The highest BCUT2D eigenvalue weighted by atomic mass is 35.5. The number of nitrogens with zero attached hydrogens (tertiary/aromatic N) is 1. The van der Waals surface area contributed by atoms with Crippen LogP contribution in [0.3, 0.4) is 0 Å². The minimum absolute atomic E-state index is 0.198. The molecule has 3 nitrogen and oxygen atoms in total. The fraction of sp³-hybridized carbons (Fsp3) is 0.333. The second-order valence-corrected chi connectivity index (χ2v) is 4.41. The van der Waals surface area contributed by atoms with E-state index in [9.17, 15) is 4.79 Å². The van der Waals surface area contributed by atoms with Gasteiger partial charge in [0.15, 0.2) is 0 Å². The second kappa shape index (κ2) is 4.66. The summed E-state index contributed by atoms with van der Waals surface area (Å²) in [7, 11) is 0. The number of benzene rings is 1. The van der Waals surface area contributed by atoms with Crippen LogP contribution in [0.5, 0.6) is 0 Å². The fourth-order valence-electron chi connectivity index (χ4n) is 1.40. The summed E-state index contributed by atoms with van der Waals surface area (Å²) < 4.78 is 0. The molecule has 0 aliphatic heterocycles. The number of hydrogen-bond donors (Lipinski definition) is 1. The first-order valence-electron chi connectivity index (χ1n) is 5.27. The smallest absolute Gasteiger partial charge is 0.267 e. The Morgan fingerprint density at radius 1 is 1.38 bits per heavy atom. The van der Waals surface area contributed by atoms with E-state index in [2.05, 4.69) is 10.5 Å². The zero-order valence-electron chi connectivity index (χ0n) is 9.03.